The molecular weight excluding hydrogens is 370 g/mol. The second kappa shape index (κ2) is 7.31. The molecule has 122 valence electrons. The van der Waals surface area contributed by atoms with E-state index in [1.165, 1.54) is 0 Å². The molecule has 0 unspecified atom stereocenters. The Hall–Kier alpha value is -2.60. The van der Waals surface area contributed by atoms with Gasteiger partial charge in [-0.2, -0.15) is 5.10 Å². The molecule has 1 heterocycles. The first-order valence-electron chi connectivity index (χ1n) is 7.38. The van der Waals surface area contributed by atoms with Crippen molar-refractivity contribution in [3.8, 4) is 11.4 Å². The topological polar surface area (TPSA) is 56.1 Å². The maximum atomic E-state index is 12.3. The summed E-state index contributed by atoms with van der Waals surface area (Å²) in [5.74, 6) is 0.631. The van der Waals surface area contributed by atoms with Crippen LogP contribution in [-0.2, 0) is 6.54 Å². The fourth-order valence-corrected chi connectivity index (χ4v) is 2.62. The van der Waals surface area contributed by atoms with Gasteiger partial charge in [0.25, 0.3) is 5.91 Å². The third-order valence-corrected chi connectivity index (χ3v) is 3.99. The van der Waals surface area contributed by atoms with Crippen molar-refractivity contribution < 1.29 is 9.53 Å². The average molecular weight is 386 g/mol. The minimum Gasteiger partial charge on any atom is -0.496 e. The molecule has 0 aliphatic carbocycles. The lowest BCUT2D eigenvalue weighted by atomic mass is 10.1. The molecule has 6 heteroatoms. The molecule has 0 radical (unpaired) electrons. The van der Waals surface area contributed by atoms with E-state index in [-0.39, 0.29) is 5.91 Å². The zero-order valence-corrected chi connectivity index (χ0v) is 14.7. The standard InChI is InChI=1S/C18H16BrN3O2/c1-24-17-5-3-2-4-14(17)10-20-18(23)13-6-8-16(9-7-13)22-12-15(19)11-21-22/h2-9,11-12H,10H2,1H3,(H,20,23). The quantitative estimate of drug-likeness (QED) is 0.730. The van der Waals surface area contributed by atoms with E-state index in [9.17, 15) is 4.79 Å². The van der Waals surface area contributed by atoms with Crippen molar-refractivity contribution in [2.45, 2.75) is 6.54 Å². The van der Waals surface area contributed by atoms with Crippen molar-refractivity contribution in [1.29, 1.82) is 0 Å². The number of methoxy groups -OCH3 is 1. The zero-order valence-electron chi connectivity index (χ0n) is 13.1. The second-order valence-electron chi connectivity index (χ2n) is 5.14. The normalized spacial score (nSPS) is 10.4. The van der Waals surface area contributed by atoms with Crippen LogP contribution >= 0.6 is 15.9 Å². The minimum atomic E-state index is -0.130. The predicted octanol–water partition coefficient (Wildman–Crippen LogP) is 3.57. The largest absolute Gasteiger partial charge is 0.496 e. The Balaban J connectivity index is 1.67. The maximum absolute atomic E-state index is 12.3. The van der Waals surface area contributed by atoms with Gasteiger partial charge in [-0.1, -0.05) is 18.2 Å². The molecule has 3 rings (SSSR count). The van der Waals surface area contributed by atoms with Crippen LogP contribution in [0.3, 0.4) is 0 Å². The van der Waals surface area contributed by atoms with Gasteiger partial charge >= 0.3 is 0 Å². The van der Waals surface area contributed by atoms with Crippen molar-refractivity contribution in [3.63, 3.8) is 0 Å². The molecule has 1 amide bonds. The van der Waals surface area contributed by atoms with E-state index in [0.717, 1.165) is 21.5 Å². The smallest absolute Gasteiger partial charge is 0.251 e. The first-order valence-corrected chi connectivity index (χ1v) is 8.17. The molecule has 1 aromatic heterocycles. The van der Waals surface area contributed by atoms with Crippen LogP contribution in [0.25, 0.3) is 5.69 Å². The van der Waals surface area contributed by atoms with Crippen LogP contribution in [-0.4, -0.2) is 22.8 Å². The number of hydrogen-bond acceptors (Lipinski definition) is 3. The van der Waals surface area contributed by atoms with Crippen LogP contribution in [0.15, 0.2) is 65.4 Å². The van der Waals surface area contributed by atoms with Gasteiger partial charge in [-0.3, -0.25) is 4.79 Å². The molecule has 1 N–H and O–H groups in total. The molecule has 0 fully saturated rings. The maximum Gasteiger partial charge on any atom is 0.251 e. The summed E-state index contributed by atoms with van der Waals surface area (Å²) >= 11 is 3.36. The molecule has 0 aliphatic heterocycles. The van der Waals surface area contributed by atoms with E-state index < -0.39 is 0 Å². The number of carbonyl (C=O) groups excluding carboxylic acids is 1. The van der Waals surface area contributed by atoms with Gasteiger partial charge in [0.15, 0.2) is 0 Å². The summed E-state index contributed by atoms with van der Waals surface area (Å²) in [5.41, 5.74) is 2.42. The summed E-state index contributed by atoms with van der Waals surface area (Å²) in [6, 6.07) is 14.9. The molecule has 5 nitrogen and oxygen atoms in total. The molecule has 24 heavy (non-hydrogen) atoms. The van der Waals surface area contributed by atoms with Gasteiger partial charge < -0.3 is 10.1 Å². The minimum absolute atomic E-state index is 0.130. The lowest BCUT2D eigenvalue weighted by Crippen LogP contribution is -2.23. The number of para-hydroxylation sites is 1. The van der Waals surface area contributed by atoms with Crippen LogP contribution in [0.2, 0.25) is 0 Å². The van der Waals surface area contributed by atoms with Gasteiger partial charge in [-0.05, 0) is 46.3 Å². The van der Waals surface area contributed by atoms with E-state index in [1.54, 1.807) is 30.1 Å². The SMILES string of the molecule is COc1ccccc1CNC(=O)c1ccc(-n2cc(Br)cn2)cc1. The Morgan fingerprint density at radius 3 is 2.62 bits per heavy atom. The predicted molar refractivity (Wildman–Crippen MR) is 95.4 cm³/mol. The van der Waals surface area contributed by atoms with Crippen molar-refractivity contribution in [2.24, 2.45) is 0 Å². The van der Waals surface area contributed by atoms with Crippen LogP contribution < -0.4 is 10.1 Å². The average Bonchev–Trinajstić information content (AvgIpc) is 3.06. The Morgan fingerprint density at radius 1 is 1.21 bits per heavy atom. The fourth-order valence-electron chi connectivity index (χ4n) is 2.33. The summed E-state index contributed by atoms with van der Waals surface area (Å²) in [6.45, 7) is 0.413. The Kier molecular flexibility index (Phi) is 4.96. The van der Waals surface area contributed by atoms with E-state index in [1.807, 2.05) is 42.6 Å². The number of nitrogens with one attached hydrogen (secondary N) is 1. The van der Waals surface area contributed by atoms with Gasteiger partial charge in [-0.25, -0.2) is 4.68 Å². The molecule has 3 aromatic rings. The Morgan fingerprint density at radius 2 is 1.96 bits per heavy atom. The van der Waals surface area contributed by atoms with E-state index >= 15 is 0 Å². The first kappa shape index (κ1) is 16.3. The number of nitrogens with zero attached hydrogens (tertiary/aromatic N) is 2. The highest BCUT2D eigenvalue weighted by Gasteiger charge is 2.08. The van der Waals surface area contributed by atoms with Gasteiger partial charge in [0.05, 0.1) is 23.5 Å². The summed E-state index contributed by atoms with van der Waals surface area (Å²) < 4.78 is 7.93. The van der Waals surface area contributed by atoms with Gasteiger partial charge in [0.1, 0.15) is 5.75 Å². The third kappa shape index (κ3) is 3.65. The number of ether oxygens (including phenoxy) is 1. The third-order valence-electron chi connectivity index (χ3n) is 3.58. The van der Waals surface area contributed by atoms with Crippen LogP contribution in [0, 0.1) is 0 Å². The number of benzene rings is 2. The first-order chi connectivity index (χ1) is 11.7. The number of hydrogen-bond donors (Lipinski definition) is 1. The van der Waals surface area contributed by atoms with Crippen LogP contribution in [0.4, 0.5) is 0 Å². The number of aromatic nitrogens is 2. The van der Waals surface area contributed by atoms with Crippen molar-refractivity contribution in [1.82, 2.24) is 15.1 Å². The second-order valence-corrected chi connectivity index (χ2v) is 6.06. The zero-order chi connectivity index (χ0) is 16.9. The molecule has 2 aromatic carbocycles. The Bertz CT molecular complexity index is 843. The summed E-state index contributed by atoms with van der Waals surface area (Å²) in [4.78, 5) is 12.3. The van der Waals surface area contributed by atoms with Gasteiger partial charge in [0.2, 0.25) is 0 Å². The highest BCUT2D eigenvalue weighted by molar-refractivity contribution is 9.10. The van der Waals surface area contributed by atoms with Gasteiger partial charge in [-0.15, -0.1) is 0 Å². The van der Waals surface area contributed by atoms with E-state index in [0.29, 0.717) is 12.1 Å². The molecule has 0 spiro atoms. The highest BCUT2D eigenvalue weighted by atomic mass is 79.9. The fraction of sp³-hybridized carbons (Fsp3) is 0.111. The van der Waals surface area contributed by atoms with E-state index in [4.69, 9.17) is 4.74 Å². The molecule has 0 atom stereocenters. The summed E-state index contributed by atoms with van der Waals surface area (Å²) in [5, 5.41) is 7.12. The number of halogens is 1. The monoisotopic (exact) mass is 385 g/mol. The highest BCUT2D eigenvalue weighted by Crippen LogP contribution is 2.17. The summed E-state index contributed by atoms with van der Waals surface area (Å²) in [6.07, 6.45) is 3.57. The van der Waals surface area contributed by atoms with Crippen molar-refractivity contribution in [2.75, 3.05) is 7.11 Å². The van der Waals surface area contributed by atoms with E-state index in [2.05, 4.69) is 26.3 Å². The van der Waals surface area contributed by atoms with Crippen molar-refractivity contribution >= 4 is 21.8 Å². The molecule has 0 aliphatic rings. The Labute approximate surface area is 148 Å². The van der Waals surface area contributed by atoms with Crippen molar-refractivity contribution in [3.05, 3.63) is 76.5 Å². The number of amides is 1. The molecule has 0 saturated carbocycles. The molecular formula is C18H16BrN3O2. The molecule has 0 saturated heterocycles. The number of rotatable bonds is 5. The molecule has 0 bridgehead atoms. The number of carbonyl (C=O) groups is 1. The van der Waals surface area contributed by atoms with Crippen LogP contribution in [0.1, 0.15) is 15.9 Å². The summed E-state index contributed by atoms with van der Waals surface area (Å²) in [7, 11) is 1.62. The van der Waals surface area contributed by atoms with Gasteiger partial charge in [0, 0.05) is 23.9 Å². The lowest BCUT2D eigenvalue weighted by molar-refractivity contribution is 0.0950. The lowest BCUT2D eigenvalue weighted by Gasteiger charge is -2.10. The van der Waals surface area contributed by atoms with Crippen LogP contribution in [0.5, 0.6) is 5.75 Å².